The van der Waals surface area contributed by atoms with Crippen molar-refractivity contribution in [2.45, 2.75) is 24.7 Å². The van der Waals surface area contributed by atoms with Gasteiger partial charge < -0.3 is 11.1 Å². The van der Waals surface area contributed by atoms with E-state index in [4.69, 9.17) is 5.73 Å². The molecule has 0 aliphatic carbocycles. The van der Waals surface area contributed by atoms with E-state index in [1.165, 1.54) is 0 Å². The van der Waals surface area contributed by atoms with Gasteiger partial charge in [0, 0.05) is 22.7 Å². The lowest BCUT2D eigenvalue weighted by Crippen LogP contribution is -2.11. The van der Waals surface area contributed by atoms with E-state index in [0.29, 0.717) is 6.42 Å². The number of carbonyl (C=O) groups is 1. The van der Waals surface area contributed by atoms with Gasteiger partial charge in [-0.05, 0) is 55.0 Å². The molecule has 3 N–H and O–H groups in total. The second kappa shape index (κ2) is 7.74. The van der Waals surface area contributed by atoms with Gasteiger partial charge in [-0.2, -0.15) is 0 Å². The number of anilines is 2. The largest absolute Gasteiger partial charge is 0.399 e. The van der Waals surface area contributed by atoms with Crippen LogP contribution in [0.5, 0.6) is 0 Å². The minimum absolute atomic E-state index is 0.0637. The molecule has 0 aliphatic heterocycles. The number of aryl methyl sites for hydroxylation is 1. The van der Waals surface area contributed by atoms with E-state index in [1.807, 2.05) is 55.5 Å². The fourth-order valence-corrected chi connectivity index (χ4v) is 2.89. The zero-order valence-electron chi connectivity index (χ0n) is 12.1. The number of thioether (sulfide) groups is 1. The number of carbonyl (C=O) groups excluding carboxylic acids is 1. The maximum atomic E-state index is 11.8. The Labute approximate surface area is 129 Å². The third-order valence-corrected chi connectivity index (χ3v) is 4.06. The Morgan fingerprint density at radius 1 is 1.19 bits per heavy atom. The minimum atomic E-state index is 0.0637. The normalized spacial score (nSPS) is 10.3. The molecular formula is C17H20N2OS. The highest BCUT2D eigenvalue weighted by Crippen LogP contribution is 2.21. The smallest absolute Gasteiger partial charge is 0.224 e. The molecule has 0 fully saturated rings. The third-order valence-electron chi connectivity index (χ3n) is 2.98. The van der Waals surface area contributed by atoms with Crippen LogP contribution < -0.4 is 11.1 Å². The second-order valence-electron chi connectivity index (χ2n) is 4.94. The van der Waals surface area contributed by atoms with Gasteiger partial charge in [-0.3, -0.25) is 4.79 Å². The SMILES string of the molecule is Cc1cccc(NC(=O)CCCSc2cccc(N)c2)c1. The molecule has 3 nitrogen and oxygen atoms in total. The summed E-state index contributed by atoms with van der Waals surface area (Å²) in [5.74, 6) is 0.971. The van der Waals surface area contributed by atoms with Crippen molar-refractivity contribution in [1.82, 2.24) is 0 Å². The number of nitrogens with one attached hydrogen (secondary N) is 1. The van der Waals surface area contributed by atoms with Gasteiger partial charge in [-0.1, -0.05) is 18.2 Å². The topological polar surface area (TPSA) is 55.1 Å². The zero-order chi connectivity index (χ0) is 15.1. The maximum absolute atomic E-state index is 11.8. The van der Waals surface area contributed by atoms with E-state index >= 15 is 0 Å². The maximum Gasteiger partial charge on any atom is 0.224 e. The molecule has 2 aromatic carbocycles. The fourth-order valence-electron chi connectivity index (χ4n) is 1.97. The lowest BCUT2D eigenvalue weighted by molar-refractivity contribution is -0.116. The standard InChI is InChI=1S/C17H20N2OS/c1-13-5-2-7-15(11-13)19-17(20)9-4-10-21-16-8-3-6-14(18)12-16/h2-3,5-8,11-12H,4,9-10,18H2,1H3,(H,19,20). The van der Waals surface area contributed by atoms with Gasteiger partial charge in [0.15, 0.2) is 0 Å². The molecule has 0 unspecified atom stereocenters. The molecule has 0 saturated carbocycles. The average Bonchev–Trinajstić information content (AvgIpc) is 2.44. The number of hydrogen-bond acceptors (Lipinski definition) is 3. The first-order valence-electron chi connectivity index (χ1n) is 6.98. The van der Waals surface area contributed by atoms with Crippen molar-refractivity contribution < 1.29 is 4.79 Å². The molecule has 2 aromatic rings. The molecule has 0 atom stereocenters. The van der Waals surface area contributed by atoms with Crippen molar-refractivity contribution in [1.29, 1.82) is 0 Å². The van der Waals surface area contributed by atoms with Gasteiger partial charge in [0.05, 0.1) is 0 Å². The summed E-state index contributed by atoms with van der Waals surface area (Å²) >= 11 is 1.73. The summed E-state index contributed by atoms with van der Waals surface area (Å²) in [6.07, 6.45) is 1.38. The molecule has 0 radical (unpaired) electrons. The van der Waals surface area contributed by atoms with Crippen molar-refractivity contribution in [2.75, 3.05) is 16.8 Å². The summed E-state index contributed by atoms with van der Waals surface area (Å²) in [5.41, 5.74) is 8.51. The predicted molar refractivity (Wildman–Crippen MR) is 90.6 cm³/mol. The van der Waals surface area contributed by atoms with Gasteiger partial charge in [0.25, 0.3) is 0 Å². The first kappa shape index (κ1) is 15.4. The van der Waals surface area contributed by atoms with E-state index in [0.717, 1.165) is 34.0 Å². The van der Waals surface area contributed by atoms with Crippen molar-refractivity contribution in [3.8, 4) is 0 Å². The molecule has 0 aliphatic rings. The van der Waals surface area contributed by atoms with Gasteiger partial charge in [-0.15, -0.1) is 11.8 Å². The summed E-state index contributed by atoms with van der Waals surface area (Å²) in [6.45, 7) is 2.01. The number of amides is 1. The Morgan fingerprint density at radius 2 is 2.00 bits per heavy atom. The number of nitrogens with two attached hydrogens (primary N) is 1. The van der Waals surface area contributed by atoms with Crippen LogP contribution in [0.15, 0.2) is 53.4 Å². The van der Waals surface area contributed by atoms with Gasteiger partial charge in [0.2, 0.25) is 5.91 Å². The van der Waals surface area contributed by atoms with Crippen LogP contribution in [0.25, 0.3) is 0 Å². The average molecular weight is 300 g/mol. The van der Waals surface area contributed by atoms with E-state index in [9.17, 15) is 4.79 Å². The van der Waals surface area contributed by atoms with Crippen LogP contribution in [0.3, 0.4) is 0 Å². The molecule has 0 aromatic heterocycles. The molecular weight excluding hydrogens is 280 g/mol. The van der Waals surface area contributed by atoms with Crippen molar-refractivity contribution >= 4 is 29.0 Å². The third kappa shape index (κ3) is 5.52. The molecule has 0 bridgehead atoms. The summed E-state index contributed by atoms with van der Waals surface area (Å²) in [5, 5.41) is 2.92. The highest BCUT2D eigenvalue weighted by atomic mass is 32.2. The molecule has 4 heteroatoms. The molecule has 2 rings (SSSR count). The van der Waals surface area contributed by atoms with Crippen LogP contribution in [0.1, 0.15) is 18.4 Å². The number of rotatable bonds is 6. The highest BCUT2D eigenvalue weighted by molar-refractivity contribution is 7.99. The molecule has 0 saturated heterocycles. The van der Waals surface area contributed by atoms with Crippen LogP contribution in [0.2, 0.25) is 0 Å². The van der Waals surface area contributed by atoms with Crippen LogP contribution in [-0.4, -0.2) is 11.7 Å². The summed E-state index contributed by atoms with van der Waals surface area (Å²) in [7, 11) is 0. The summed E-state index contributed by atoms with van der Waals surface area (Å²) in [4.78, 5) is 13.0. The van der Waals surface area contributed by atoms with Gasteiger partial charge >= 0.3 is 0 Å². The van der Waals surface area contributed by atoms with E-state index in [-0.39, 0.29) is 5.91 Å². The van der Waals surface area contributed by atoms with Crippen LogP contribution in [0, 0.1) is 6.92 Å². The molecule has 1 amide bonds. The first-order chi connectivity index (χ1) is 10.1. The lowest BCUT2D eigenvalue weighted by atomic mass is 10.2. The number of nitrogen functional groups attached to an aromatic ring is 1. The monoisotopic (exact) mass is 300 g/mol. The Kier molecular flexibility index (Phi) is 5.69. The second-order valence-corrected chi connectivity index (χ2v) is 6.11. The Bertz CT molecular complexity index is 613. The van der Waals surface area contributed by atoms with Gasteiger partial charge in [-0.25, -0.2) is 0 Å². The van der Waals surface area contributed by atoms with Crippen LogP contribution >= 0.6 is 11.8 Å². The van der Waals surface area contributed by atoms with Crippen molar-refractivity contribution in [2.24, 2.45) is 0 Å². The minimum Gasteiger partial charge on any atom is -0.399 e. The highest BCUT2D eigenvalue weighted by Gasteiger charge is 2.03. The van der Waals surface area contributed by atoms with E-state index in [2.05, 4.69) is 5.32 Å². The quantitative estimate of drug-likeness (QED) is 0.480. The summed E-state index contributed by atoms with van der Waals surface area (Å²) < 4.78 is 0. The zero-order valence-corrected chi connectivity index (χ0v) is 13.0. The number of benzene rings is 2. The van der Waals surface area contributed by atoms with Crippen LogP contribution in [0.4, 0.5) is 11.4 Å². The molecule has 0 spiro atoms. The number of hydrogen-bond donors (Lipinski definition) is 2. The van der Waals surface area contributed by atoms with Gasteiger partial charge in [0.1, 0.15) is 0 Å². The molecule has 110 valence electrons. The fraction of sp³-hybridized carbons (Fsp3) is 0.235. The predicted octanol–water partition coefficient (Wildman–Crippen LogP) is 4.09. The first-order valence-corrected chi connectivity index (χ1v) is 7.97. The molecule has 21 heavy (non-hydrogen) atoms. The lowest BCUT2D eigenvalue weighted by Gasteiger charge is -2.06. The Morgan fingerprint density at radius 3 is 2.76 bits per heavy atom. The Hall–Kier alpha value is -1.94. The van der Waals surface area contributed by atoms with E-state index in [1.54, 1.807) is 11.8 Å². The van der Waals surface area contributed by atoms with Crippen LogP contribution in [-0.2, 0) is 4.79 Å². The van der Waals surface area contributed by atoms with E-state index < -0.39 is 0 Å². The molecule has 0 heterocycles. The Balaban J connectivity index is 1.70. The van der Waals surface area contributed by atoms with Crippen molar-refractivity contribution in [3.05, 3.63) is 54.1 Å². The van der Waals surface area contributed by atoms with Crippen molar-refractivity contribution in [3.63, 3.8) is 0 Å². The summed E-state index contributed by atoms with van der Waals surface area (Å²) in [6, 6.07) is 15.6.